The number of amides is 1. The van der Waals surface area contributed by atoms with Crippen molar-refractivity contribution in [1.29, 1.82) is 0 Å². The van der Waals surface area contributed by atoms with Crippen LogP contribution in [-0.4, -0.2) is 61.6 Å². The molecule has 2 fully saturated rings. The molecule has 0 unspecified atom stereocenters. The first kappa shape index (κ1) is 19.4. The van der Waals surface area contributed by atoms with E-state index in [1.54, 1.807) is 0 Å². The molecule has 0 N–H and O–H groups in total. The summed E-state index contributed by atoms with van der Waals surface area (Å²) in [6.07, 6.45) is 4.94. The molecule has 2 aliphatic rings. The zero-order chi connectivity index (χ0) is 18.4. The van der Waals surface area contributed by atoms with Crippen LogP contribution < -0.4 is 0 Å². The molecule has 0 aromatic heterocycles. The summed E-state index contributed by atoms with van der Waals surface area (Å²) in [4.78, 5) is 17.1. The predicted molar refractivity (Wildman–Crippen MR) is 105 cm³/mol. The number of likely N-dealkylation sites (tertiary alicyclic amines) is 1. The first-order valence-corrected chi connectivity index (χ1v) is 10.3. The molecule has 0 radical (unpaired) electrons. The van der Waals surface area contributed by atoms with Gasteiger partial charge < -0.3 is 9.64 Å². The fourth-order valence-electron chi connectivity index (χ4n) is 4.07. The van der Waals surface area contributed by atoms with Gasteiger partial charge in [0.05, 0.1) is 13.2 Å². The summed E-state index contributed by atoms with van der Waals surface area (Å²) < 4.78 is 5.42. The lowest BCUT2D eigenvalue weighted by Gasteiger charge is -2.36. The summed E-state index contributed by atoms with van der Waals surface area (Å²) in [6, 6.07) is 6.65. The molecule has 3 rings (SSSR count). The summed E-state index contributed by atoms with van der Waals surface area (Å²) in [7, 11) is 0. The van der Waals surface area contributed by atoms with E-state index < -0.39 is 0 Å². The quantitative estimate of drug-likeness (QED) is 0.783. The zero-order valence-electron chi connectivity index (χ0n) is 16.5. The van der Waals surface area contributed by atoms with Gasteiger partial charge in [-0.1, -0.05) is 18.2 Å². The van der Waals surface area contributed by atoms with Crippen molar-refractivity contribution in [3.63, 3.8) is 0 Å². The Morgan fingerprint density at radius 1 is 1.08 bits per heavy atom. The second kappa shape index (κ2) is 9.52. The predicted octanol–water partition coefficient (Wildman–Crippen LogP) is 3.20. The second-order valence-electron chi connectivity index (χ2n) is 8.01. The SMILES string of the molecule is Cc1ccc(CCCC(=O)N2CCC(CN3CCOCC3)CC2)cc1C. The molecule has 0 atom stereocenters. The molecule has 144 valence electrons. The van der Waals surface area contributed by atoms with Gasteiger partial charge in [-0.3, -0.25) is 9.69 Å². The Balaban J connectivity index is 1.34. The Bertz CT molecular complexity index is 588. The van der Waals surface area contributed by atoms with Gasteiger partial charge in [-0.2, -0.15) is 0 Å². The van der Waals surface area contributed by atoms with E-state index in [0.29, 0.717) is 12.3 Å². The monoisotopic (exact) mass is 358 g/mol. The largest absolute Gasteiger partial charge is 0.379 e. The third kappa shape index (κ3) is 5.55. The molecule has 0 spiro atoms. The lowest BCUT2D eigenvalue weighted by molar-refractivity contribution is -0.132. The highest BCUT2D eigenvalue weighted by Crippen LogP contribution is 2.20. The number of hydrogen-bond donors (Lipinski definition) is 0. The van der Waals surface area contributed by atoms with Crippen LogP contribution in [0.2, 0.25) is 0 Å². The molecule has 26 heavy (non-hydrogen) atoms. The lowest BCUT2D eigenvalue weighted by Crippen LogP contribution is -2.44. The van der Waals surface area contributed by atoms with Crippen LogP contribution in [0.1, 0.15) is 42.4 Å². The molecule has 2 saturated heterocycles. The van der Waals surface area contributed by atoms with Crippen LogP contribution in [0.4, 0.5) is 0 Å². The van der Waals surface area contributed by atoms with Gasteiger partial charge in [0.25, 0.3) is 0 Å². The smallest absolute Gasteiger partial charge is 0.222 e. The highest BCUT2D eigenvalue weighted by molar-refractivity contribution is 5.76. The highest BCUT2D eigenvalue weighted by Gasteiger charge is 2.24. The van der Waals surface area contributed by atoms with Crippen molar-refractivity contribution in [1.82, 2.24) is 9.80 Å². The maximum absolute atomic E-state index is 12.5. The number of piperidine rings is 1. The zero-order valence-corrected chi connectivity index (χ0v) is 16.5. The van der Waals surface area contributed by atoms with Gasteiger partial charge >= 0.3 is 0 Å². The molecule has 0 saturated carbocycles. The number of hydrogen-bond acceptors (Lipinski definition) is 3. The van der Waals surface area contributed by atoms with E-state index in [4.69, 9.17) is 4.74 Å². The molecule has 0 aliphatic carbocycles. The minimum absolute atomic E-state index is 0.346. The molecular weight excluding hydrogens is 324 g/mol. The summed E-state index contributed by atoms with van der Waals surface area (Å²) in [5.74, 6) is 1.09. The molecule has 2 heterocycles. The molecule has 0 bridgehead atoms. The van der Waals surface area contributed by atoms with Crippen molar-refractivity contribution >= 4 is 5.91 Å². The molecule has 1 aromatic carbocycles. The van der Waals surface area contributed by atoms with Crippen LogP contribution in [0.3, 0.4) is 0 Å². The van der Waals surface area contributed by atoms with Crippen molar-refractivity contribution in [3.8, 4) is 0 Å². The first-order valence-electron chi connectivity index (χ1n) is 10.3. The van der Waals surface area contributed by atoms with E-state index in [9.17, 15) is 4.79 Å². The van der Waals surface area contributed by atoms with Gasteiger partial charge in [-0.05, 0) is 62.1 Å². The maximum Gasteiger partial charge on any atom is 0.222 e. The van der Waals surface area contributed by atoms with Crippen LogP contribution in [0, 0.1) is 19.8 Å². The number of benzene rings is 1. The Morgan fingerprint density at radius 3 is 2.50 bits per heavy atom. The highest BCUT2D eigenvalue weighted by atomic mass is 16.5. The van der Waals surface area contributed by atoms with Gasteiger partial charge in [0.2, 0.25) is 5.91 Å². The number of ether oxygens (including phenoxy) is 1. The van der Waals surface area contributed by atoms with E-state index >= 15 is 0 Å². The van der Waals surface area contributed by atoms with Crippen LogP contribution in [0.5, 0.6) is 0 Å². The number of morpholine rings is 1. The minimum atomic E-state index is 0.346. The fraction of sp³-hybridized carbons (Fsp3) is 0.682. The molecule has 2 aliphatic heterocycles. The average molecular weight is 359 g/mol. The molecule has 4 heteroatoms. The Kier molecular flexibility index (Phi) is 7.09. The third-order valence-corrected chi connectivity index (χ3v) is 6.01. The molecule has 1 amide bonds. The summed E-state index contributed by atoms with van der Waals surface area (Å²) in [5.41, 5.74) is 4.03. The van der Waals surface area contributed by atoms with Gasteiger partial charge in [0.1, 0.15) is 0 Å². The average Bonchev–Trinajstić information content (AvgIpc) is 2.66. The van der Waals surface area contributed by atoms with Crippen LogP contribution >= 0.6 is 0 Å². The second-order valence-corrected chi connectivity index (χ2v) is 8.01. The van der Waals surface area contributed by atoms with E-state index in [1.807, 2.05) is 0 Å². The van der Waals surface area contributed by atoms with E-state index in [2.05, 4.69) is 41.8 Å². The standard InChI is InChI=1S/C22H34N2O2/c1-18-6-7-20(16-19(18)2)4-3-5-22(25)24-10-8-21(9-11-24)17-23-12-14-26-15-13-23/h6-7,16,21H,3-5,8-15,17H2,1-2H3. The minimum Gasteiger partial charge on any atom is -0.379 e. The van der Waals surface area contributed by atoms with Crippen molar-refractivity contribution < 1.29 is 9.53 Å². The van der Waals surface area contributed by atoms with Gasteiger partial charge in [-0.15, -0.1) is 0 Å². The van der Waals surface area contributed by atoms with E-state index in [-0.39, 0.29) is 0 Å². The molecular formula is C22H34N2O2. The van der Waals surface area contributed by atoms with Gasteiger partial charge in [0, 0.05) is 39.1 Å². The summed E-state index contributed by atoms with van der Waals surface area (Å²) in [5, 5.41) is 0. The lowest BCUT2D eigenvalue weighted by atomic mass is 9.95. The van der Waals surface area contributed by atoms with Crippen LogP contribution in [0.15, 0.2) is 18.2 Å². The number of nitrogens with zero attached hydrogens (tertiary/aromatic N) is 2. The fourth-order valence-corrected chi connectivity index (χ4v) is 4.07. The molecule has 4 nitrogen and oxygen atoms in total. The topological polar surface area (TPSA) is 32.8 Å². The number of rotatable bonds is 6. The van der Waals surface area contributed by atoms with Crippen molar-refractivity contribution in [2.75, 3.05) is 45.9 Å². The van der Waals surface area contributed by atoms with Crippen molar-refractivity contribution in [2.45, 2.75) is 46.0 Å². The van der Waals surface area contributed by atoms with Crippen LogP contribution in [-0.2, 0) is 16.0 Å². The van der Waals surface area contributed by atoms with Gasteiger partial charge in [-0.25, -0.2) is 0 Å². The third-order valence-electron chi connectivity index (χ3n) is 6.01. The Hall–Kier alpha value is -1.39. The summed E-state index contributed by atoms with van der Waals surface area (Å²) >= 11 is 0. The number of carbonyl (C=O) groups is 1. The Labute approximate surface area is 158 Å². The molecule has 1 aromatic rings. The maximum atomic E-state index is 12.5. The number of carbonyl (C=O) groups excluding carboxylic acids is 1. The normalized spacial score (nSPS) is 19.7. The van der Waals surface area contributed by atoms with Crippen LogP contribution in [0.25, 0.3) is 0 Å². The van der Waals surface area contributed by atoms with E-state index in [0.717, 1.165) is 71.0 Å². The summed E-state index contributed by atoms with van der Waals surface area (Å²) in [6.45, 7) is 11.2. The van der Waals surface area contributed by atoms with Crippen molar-refractivity contribution in [2.24, 2.45) is 5.92 Å². The Morgan fingerprint density at radius 2 is 1.81 bits per heavy atom. The van der Waals surface area contributed by atoms with E-state index in [1.165, 1.54) is 23.2 Å². The van der Waals surface area contributed by atoms with Gasteiger partial charge in [0.15, 0.2) is 0 Å². The first-order chi connectivity index (χ1) is 12.6. The number of aryl methyl sites for hydroxylation is 3. The van der Waals surface area contributed by atoms with Crippen molar-refractivity contribution in [3.05, 3.63) is 34.9 Å².